The molecule has 1 aromatic heterocycles. The molecule has 0 fully saturated rings. The SMILES string of the molecule is CCCCC(C)Cc1cccc(-c2cc(F)c(OCCCC(=O)O)c(F)c2)n1. The molecule has 0 saturated carbocycles. The molecular formula is C22H27F2NO3. The van der Waals surface area contributed by atoms with Crippen LogP contribution in [0.15, 0.2) is 30.3 Å². The Labute approximate surface area is 164 Å². The minimum atomic E-state index is -0.977. The summed E-state index contributed by atoms with van der Waals surface area (Å²) in [4.78, 5) is 15.0. The van der Waals surface area contributed by atoms with Gasteiger partial charge in [-0.2, -0.15) is 0 Å². The van der Waals surface area contributed by atoms with E-state index in [9.17, 15) is 13.6 Å². The van der Waals surface area contributed by atoms with Crippen LogP contribution in [0.5, 0.6) is 5.75 Å². The van der Waals surface area contributed by atoms with E-state index < -0.39 is 23.4 Å². The summed E-state index contributed by atoms with van der Waals surface area (Å²) in [5.74, 6) is -2.62. The Morgan fingerprint density at radius 1 is 1.21 bits per heavy atom. The van der Waals surface area contributed by atoms with Gasteiger partial charge in [0.15, 0.2) is 17.4 Å². The number of carboxylic acid groups (broad SMARTS) is 1. The Balaban J connectivity index is 2.11. The third-order valence-corrected chi connectivity index (χ3v) is 4.49. The molecule has 0 aliphatic heterocycles. The molecule has 1 aromatic carbocycles. The zero-order chi connectivity index (χ0) is 20.5. The number of nitrogens with zero attached hydrogens (tertiary/aromatic N) is 1. The first-order valence-corrected chi connectivity index (χ1v) is 9.70. The number of ether oxygens (including phenoxy) is 1. The van der Waals surface area contributed by atoms with Gasteiger partial charge in [-0.15, -0.1) is 0 Å². The van der Waals surface area contributed by atoms with Crippen molar-refractivity contribution in [2.45, 2.75) is 52.4 Å². The molecule has 2 aromatic rings. The van der Waals surface area contributed by atoms with E-state index in [1.165, 1.54) is 18.6 Å². The molecule has 0 radical (unpaired) electrons. The molecule has 6 heteroatoms. The molecule has 152 valence electrons. The van der Waals surface area contributed by atoms with Gasteiger partial charge in [0.05, 0.1) is 12.3 Å². The van der Waals surface area contributed by atoms with Crippen LogP contribution in [0.1, 0.15) is 51.6 Å². The predicted octanol–water partition coefficient (Wildman–Crippen LogP) is 5.64. The maximum atomic E-state index is 14.3. The van der Waals surface area contributed by atoms with Crippen molar-refractivity contribution < 1.29 is 23.4 Å². The van der Waals surface area contributed by atoms with Gasteiger partial charge in [-0.25, -0.2) is 8.78 Å². The zero-order valence-corrected chi connectivity index (χ0v) is 16.4. The predicted molar refractivity (Wildman–Crippen MR) is 104 cm³/mol. The van der Waals surface area contributed by atoms with E-state index in [1.54, 1.807) is 6.07 Å². The molecule has 0 spiro atoms. The third kappa shape index (κ3) is 6.59. The molecule has 2 rings (SSSR count). The van der Waals surface area contributed by atoms with Gasteiger partial charge in [0.25, 0.3) is 0 Å². The summed E-state index contributed by atoms with van der Waals surface area (Å²) in [5.41, 5.74) is 1.75. The Hall–Kier alpha value is -2.50. The van der Waals surface area contributed by atoms with Gasteiger partial charge in [0, 0.05) is 17.7 Å². The van der Waals surface area contributed by atoms with Gasteiger partial charge in [-0.05, 0) is 43.0 Å². The normalized spacial score (nSPS) is 12.0. The monoisotopic (exact) mass is 391 g/mol. The summed E-state index contributed by atoms with van der Waals surface area (Å²) in [6.07, 6.45) is 4.33. The first-order chi connectivity index (χ1) is 13.4. The summed E-state index contributed by atoms with van der Waals surface area (Å²) in [7, 11) is 0. The van der Waals surface area contributed by atoms with Crippen molar-refractivity contribution in [1.29, 1.82) is 0 Å². The van der Waals surface area contributed by atoms with Gasteiger partial charge < -0.3 is 9.84 Å². The summed E-state index contributed by atoms with van der Waals surface area (Å²) >= 11 is 0. The van der Waals surface area contributed by atoms with E-state index in [0.717, 1.165) is 25.0 Å². The standard InChI is InChI=1S/C22H27F2NO3/c1-3-4-7-15(2)12-17-8-5-9-20(25-17)16-13-18(23)22(19(24)14-16)28-11-6-10-21(26)27/h5,8-9,13-15H,3-4,6-7,10-12H2,1-2H3,(H,26,27). The molecule has 1 atom stereocenters. The summed E-state index contributed by atoms with van der Waals surface area (Å²) in [6, 6.07) is 7.89. The molecule has 1 heterocycles. The number of hydrogen-bond acceptors (Lipinski definition) is 3. The van der Waals surface area contributed by atoms with E-state index >= 15 is 0 Å². The van der Waals surface area contributed by atoms with Crippen LogP contribution in [0.2, 0.25) is 0 Å². The van der Waals surface area contributed by atoms with Crippen molar-refractivity contribution in [3.63, 3.8) is 0 Å². The average molecular weight is 391 g/mol. The Morgan fingerprint density at radius 2 is 1.93 bits per heavy atom. The lowest BCUT2D eigenvalue weighted by atomic mass is 9.98. The summed E-state index contributed by atoms with van der Waals surface area (Å²) < 4.78 is 33.7. The van der Waals surface area contributed by atoms with Crippen LogP contribution in [-0.4, -0.2) is 22.7 Å². The van der Waals surface area contributed by atoms with Crippen molar-refractivity contribution in [3.8, 4) is 17.0 Å². The fourth-order valence-electron chi connectivity index (χ4n) is 3.01. The van der Waals surface area contributed by atoms with E-state index in [1.807, 2.05) is 12.1 Å². The molecule has 0 bridgehead atoms. The Bertz CT molecular complexity index is 772. The molecule has 0 aliphatic carbocycles. The number of rotatable bonds is 11. The lowest BCUT2D eigenvalue weighted by molar-refractivity contribution is -0.137. The second-order valence-electron chi connectivity index (χ2n) is 7.08. The van der Waals surface area contributed by atoms with Crippen molar-refractivity contribution in [2.24, 2.45) is 5.92 Å². The summed E-state index contributed by atoms with van der Waals surface area (Å²) in [5, 5.41) is 8.59. The summed E-state index contributed by atoms with van der Waals surface area (Å²) in [6.45, 7) is 4.27. The first-order valence-electron chi connectivity index (χ1n) is 9.70. The van der Waals surface area contributed by atoms with Gasteiger partial charge in [0.2, 0.25) is 0 Å². The Morgan fingerprint density at radius 3 is 2.57 bits per heavy atom. The highest BCUT2D eigenvalue weighted by atomic mass is 19.1. The minimum absolute atomic E-state index is 0.0666. The van der Waals surface area contributed by atoms with Gasteiger partial charge >= 0.3 is 5.97 Å². The Kier molecular flexibility index (Phi) is 8.36. The average Bonchev–Trinajstić information content (AvgIpc) is 2.65. The molecular weight excluding hydrogens is 364 g/mol. The number of aromatic nitrogens is 1. The molecule has 4 nitrogen and oxygen atoms in total. The van der Waals surface area contributed by atoms with Crippen molar-refractivity contribution in [1.82, 2.24) is 4.98 Å². The van der Waals surface area contributed by atoms with Crippen LogP contribution in [0.4, 0.5) is 8.78 Å². The van der Waals surface area contributed by atoms with Crippen molar-refractivity contribution >= 4 is 5.97 Å². The topological polar surface area (TPSA) is 59.4 Å². The fourth-order valence-corrected chi connectivity index (χ4v) is 3.01. The lowest BCUT2D eigenvalue weighted by Gasteiger charge is -2.12. The maximum absolute atomic E-state index is 14.3. The highest BCUT2D eigenvalue weighted by Crippen LogP contribution is 2.29. The molecule has 1 unspecified atom stereocenters. The second kappa shape index (κ2) is 10.7. The van der Waals surface area contributed by atoms with Gasteiger partial charge in [-0.1, -0.05) is 39.2 Å². The molecule has 0 amide bonds. The molecule has 1 N–H and O–H groups in total. The van der Waals surface area contributed by atoms with Crippen molar-refractivity contribution in [2.75, 3.05) is 6.61 Å². The number of benzene rings is 1. The number of unbranched alkanes of at least 4 members (excludes halogenated alkanes) is 1. The minimum Gasteiger partial charge on any atom is -0.488 e. The molecule has 28 heavy (non-hydrogen) atoms. The largest absolute Gasteiger partial charge is 0.488 e. The van der Waals surface area contributed by atoms with Gasteiger partial charge in [-0.3, -0.25) is 9.78 Å². The quantitative estimate of drug-likeness (QED) is 0.504. The van der Waals surface area contributed by atoms with Crippen LogP contribution in [0.3, 0.4) is 0 Å². The maximum Gasteiger partial charge on any atom is 0.303 e. The number of carbonyl (C=O) groups is 1. The number of aliphatic carboxylic acids is 1. The van der Waals surface area contributed by atoms with Crippen LogP contribution >= 0.6 is 0 Å². The number of carboxylic acids is 1. The zero-order valence-electron chi connectivity index (χ0n) is 16.4. The molecule has 0 aliphatic rings. The smallest absolute Gasteiger partial charge is 0.303 e. The lowest BCUT2D eigenvalue weighted by Crippen LogP contribution is -2.05. The second-order valence-corrected chi connectivity index (χ2v) is 7.08. The number of halogens is 2. The first kappa shape index (κ1) is 21.8. The van der Waals surface area contributed by atoms with Crippen LogP contribution in [0, 0.1) is 17.6 Å². The highest BCUT2D eigenvalue weighted by Gasteiger charge is 2.15. The third-order valence-electron chi connectivity index (χ3n) is 4.49. The number of hydrogen-bond donors (Lipinski definition) is 1. The van der Waals surface area contributed by atoms with Crippen LogP contribution in [0.25, 0.3) is 11.3 Å². The fraction of sp³-hybridized carbons (Fsp3) is 0.455. The van der Waals surface area contributed by atoms with Crippen molar-refractivity contribution in [3.05, 3.63) is 47.7 Å². The molecule has 0 saturated heterocycles. The van der Waals surface area contributed by atoms with Crippen LogP contribution in [-0.2, 0) is 11.2 Å². The van der Waals surface area contributed by atoms with E-state index in [2.05, 4.69) is 18.8 Å². The highest BCUT2D eigenvalue weighted by molar-refractivity contribution is 5.66. The van der Waals surface area contributed by atoms with Gasteiger partial charge in [0.1, 0.15) is 0 Å². The van der Waals surface area contributed by atoms with Crippen LogP contribution < -0.4 is 4.74 Å². The van der Waals surface area contributed by atoms with E-state index in [-0.39, 0.29) is 19.4 Å². The number of pyridine rings is 1. The van der Waals surface area contributed by atoms with E-state index in [0.29, 0.717) is 17.2 Å². The van der Waals surface area contributed by atoms with E-state index in [4.69, 9.17) is 9.84 Å².